The van der Waals surface area contributed by atoms with Crippen molar-refractivity contribution in [1.82, 2.24) is 24.4 Å². The van der Waals surface area contributed by atoms with Gasteiger partial charge in [0.1, 0.15) is 5.69 Å². The number of aryl methyl sites for hydroxylation is 1. The molecule has 0 spiro atoms. The molecule has 0 radical (unpaired) electrons. The zero-order valence-corrected chi connectivity index (χ0v) is 24.2. The van der Waals surface area contributed by atoms with Crippen LogP contribution in [0.1, 0.15) is 57.5 Å². The van der Waals surface area contributed by atoms with Gasteiger partial charge in [0.05, 0.1) is 16.8 Å². The second-order valence-corrected chi connectivity index (χ2v) is 13.1. The molecule has 2 bridgehead atoms. The van der Waals surface area contributed by atoms with Gasteiger partial charge in [-0.2, -0.15) is 5.10 Å². The Kier molecular flexibility index (Phi) is 5.27. The predicted molar refractivity (Wildman–Crippen MR) is 166 cm³/mol. The summed E-state index contributed by atoms with van der Waals surface area (Å²) >= 11 is 0. The highest BCUT2D eigenvalue weighted by atomic mass is 16.2. The molecule has 3 N–H and O–H groups in total. The largest absolute Gasteiger partial charge is 0.348 e. The number of nitrogens with zero attached hydrogens (tertiary/aromatic N) is 4. The van der Waals surface area contributed by atoms with Crippen LogP contribution in [0.25, 0.3) is 38.9 Å². The van der Waals surface area contributed by atoms with Gasteiger partial charge in [-0.1, -0.05) is 18.2 Å². The lowest BCUT2D eigenvalue weighted by atomic mass is 9.99. The molecular formula is C35H34N6O2. The molecule has 2 saturated carbocycles. The summed E-state index contributed by atoms with van der Waals surface area (Å²) in [6, 6.07) is 19.3. The Morgan fingerprint density at radius 3 is 2.63 bits per heavy atom. The summed E-state index contributed by atoms with van der Waals surface area (Å²) in [5, 5.41) is 9.19. The number of benzene rings is 2. The minimum absolute atomic E-state index is 0.00603. The highest BCUT2D eigenvalue weighted by Gasteiger charge is 2.46. The van der Waals surface area contributed by atoms with Gasteiger partial charge in [0.15, 0.2) is 0 Å². The molecule has 8 heteroatoms. The predicted octanol–water partition coefficient (Wildman–Crippen LogP) is 5.15. The molecule has 2 aliphatic carbocycles. The lowest BCUT2D eigenvalue weighted by Crippen LogP contribution is -2.41. The number of likely N-dealkylation sites (tertiary alicyclic amines) is 1. The number of pyridine rings is 1. The van der Waals surface area contributed by atoms with Crippen LogP contribution in [0.3, 0.4) is 0 Å². The first-order chi connectivity index (χ1) is 20.9. The topological polar surface area (TPSA) is 97.7 Å². The van der Waals surface area contributed by atoms with Crippen molar-refractivity contribution < 1.29 is 9.59 Å². The van der Waals surface area contributed by atoms with E-state index in [4.69, 9.17) is 10.8 Å². The first-order valence-electron chi connectivity index (χ1n) is 15.5. The highest BCUT2D eigenvalue weighted by molar-refractivity contribution is 5.99. The van der Waals surface area contributed by atoms with Crippen LogP contribution in [-0.4, -0.2) is 49.5 Å². The summed E-state index contributed by atoms with van der Waals surface area (Å²) in [5.41, 5.74) is 16.5. The number of amides is 2. The maximum absolute atomic E-state index is 13.5. The monoisotopic (exact) mass is 570 g/mol. The maximum atomic E-state index is 13.5. The summed E-state index contributed by atoms with van der Waals surface area (Å²) < 4.78 is 4.33. The van der Waals surface area contributed by atoms with Crippen LogP contribution in [0, 0.1) is 18.8 Å². The Labute approximate surface area is 249 Å². The van der Waals surface area contributed by atoms with E-state index in [1.165, 1.54) is 23.7 Å². The molecule has 216 valence electrons. The summed E-state index contributed by atoms with van der Waals surface area (Å²) in [6.45, 7) is 4.43. The van der Waals surface area contributed by atoms with Crippen molar-refractivity contribution >= 4 is 28.2 Å². The van der Waals surface area contributed by atoms with Crippen molar-refractivity contribution in [1.29, 1.82) is 0 Å². The van der Waals surface area contributed by atoms with Crippen molar-refractivity contribution in [3.8, 4) is 22.5 Å². The van der Waals surface area contributed by atoms with E-state index in [-0.39, 0.29) is 23.9 Å². The van der Waals surface area contributed by atoms with E-state index >= 15 is 0 Å². The van der Waals surface area contributed by atoms with Crippen LogP contribution >= 0.6 is 0 Å². The van der Waals surface area contributed by atoms with Crippen molar-refractivity contribution in [2.45, 2.75) is 57.8 Å². The fraction of sp³-hybridized carbons (Fsp3) is 0.343. The van der Waals surface area contributed by atoms with Crippen molar-refractivity contribution in [3.63, 3.8) is 0 Å². The minimum atomic E-state index is 0.00603. The first-order valence-corrected chi connectivity index (χ1v) is 15.5. The number of nitrogens with one attached hydrogen (secondary N) is 1. The van der Waals surface area contributed by atoms with Gasteiger partial charge in [-0.05, 0) is 97.5 Å². The van der Waals surface area contributed by atoms with Crippen LogP contribution in [0.4, 0.5) is 0 Å². The van der Waals surface area contributed by atoms with Gasteiger partial charge in [-0.15, -0.1) is 0 Å². The number of carbonyl (C=O) groups excluding carboxylic acids is 2. The zero-order chi connectivity index (χ0) is 29.0. The molecule has 1 saturated heterocycles. The molecule has 43 heavy (non-hydrogen) atoms. The molecule has 9 rings (SSSR count). The van der Waals surface area contributed by atoms with Gasteiger partial charge < -0.3 is 20.5 Å². The maximum Gasteiger partial charge on any atom is 0.255 e. The number of rotatable bonds is 5. The molecule has 2 unspecified atom stereocenters. The highest BCUT2D eigenvalue weighted by Crippen LogP contribution is 2.40. The summed E-state index contributed by atoms with van der Waals surface area (Å²) in [7, 11) is 0. The Morgan fingerprint density at radius 2 is 1.84 bits per heavy atom. The molecule has 3 aromatic heterocycles. The molecule has 2 aliphatic heterocycles. The first kappa shape index (κ1) is 25.1. The van der Waals surface area contributed by atoms with E-state index < -0.39 is 0 Å². The van der Waals surface area contributed by atoms with E-state index in [9.17, 15) is 9.59 Å². The number of aromatic nitrogens is 3. The SMILES string of the molecule is Cc1c(-c2cc3ccc(-c4ccc5c(c4)CNC5=O)cc3n2CC2CC2)nn2cc(C(=O)N3CC4CCC3[C@@H]4N)ccc12. The molecule has 3 fully saturated rings. The fourth-order valence-electron chi connectivity index (χ4n) is 7.79. The van der Waals surface area contributed by atoms with E-state index in [1.54, 1.807) is 0 Å². The number of carbonyl (C=O) groups is 2. The lowest BCUT2D eigenvalue weighted by molar-refractivity contribution is 0.0700. The van der Waals surface area contributed by atoms with Crippen LogP contribution in [-0.2, 0) is 13.1 Å². The molecule has 5 aromatic rings. The van der Waals surface area contributed by atoms with E-state index in [0.29, 0.717) is 23.9 Å². The van der Waals surface area contributed by atoms with Crippen LogP contribution < -0.4 is 11.1 Å². The number of nitrogens with two attached hydrogens (primary N) is 1. The van der Waals surface area contributed by atoms with E-state index in [2.05, 4.69) is 47.1 Å². The zero-order valence-electron chi connectivity index (χ0n) is 24.2. The smallest absolute Gasteiger partial charge is 0.255 e. The van der Waals surface area contributed by atoms with Crippen LogP contribution in [0.5, 0.6) is 0 Å². The van der Waals surface area contributed by atoms with Gasteiger partial charge in [-0.3, -0.25) is 9.59 Å². The molecule has 4 aliphatic rings. The number of hydrogen-bond acceptors (Lipinski definition) is 4. The molecule has 2 aromatic carbocycles. The van der Waals surface area contributed by atoms with Gasteiger partial charge in [0, 0.05) is 59.9 Å². The Bertz CT molecular complexity index is 2000. The summed E-state index contributed by atoms with van der Waals surface area (Å²) in [5.74, 6) is 1.17. The van der Waals surface area contributed by atoms with E-state index in [0.717, 1.165) is 70.7 Å². The van der Waals surface area contributed by atoms with Crippen molar-refractivity contribution in [2.24, 2.45) is 17.6 Å². The second kappa shape index (κ2) is 9.04. The standard InChI is InChI=1S/C35H34N6O2/c1-19-28-10-8-25(35(43)40-17-24-7-11-29(40)32(24)36)18-41(28)38-33(19)31-14-23-5-4-22(13-30(23)39(31)16-20-2-3-20)21-6-9-27-26(12-21)15-37-34(27)42/h4-6,8-10,12-14,18,20,24,29,32H,2-3,7,11,15-17,36H2,1H3,(H,37,42)/t24?,29?,32-/m1/s1. The van der Waals surface area contributed by atoms with Crippen LogP contribution in [0.15, 0.2) is 60.8 Å². The van der Waals surface area contributed by atoms with Gasteiger partial charge in [0.2, 0.25) is 0 Å². The number of piperidine rings is 1. The molecule has 8 nitrogen and oxygen atoms in total. The summed E-state index contributed by atoms with van der Waals surface area (Å²) in [6.07, 6.45) is 6.52. The third kappa shape index (κ3) is 3.82. The average Bonchev–Trinajstić information content (AvgIpc) is 3.23. The van der Waals surface area contributed by atoms with E-state index in [1.807, 2.05) is 39.9 Å². The van der Waals surface area contributed by atoms with Crippen LogP contribution in [0.2, 0.25) is 0 Å². The third-order valence-electron chi connectivity index (χ3n) is 10.4. The lowest BCUT2D eigenvalue weighted by Gasteiger charge is -2.27. The normalized spacial score (nSPS) is 22.6. The Hall–Kier alpha value is -4.43. The molecule has 3 atom stereocenters. The van der Waals surface area contributed by atoms with Gasteiger partial charge in [0.25, 0.3) is 11.8 Å². The van der Waals surface area contributed by atoms with Gasteiger partial charge in [-0.25, -0.2) is 4.52 Å². The molecule has 5 heterocycles. The summed E-state index contributed by atoms with van der Waals surface area (Å²) in [4.78, 5) is 27.6. The number of fused-ring (bicyclic) bond motifs is 5. The molecular weight excluding hydrogens is 536 g/mol. The fourth-order valence-corrected chi connectivity index (χ4v) is 7.79. The number of hydrogen-bond donors (Lipinski definition) is 2. The molecule has 2 amide bonds. The Morgan fingerprint density at radius 1 is 1.00 bits per heavy atom. The second-order valence-electron chi connectivity index (χ2n) is 13.1. The van der Waals surface area contributed by atoms with Crippen molar-refractivity contribution in [3.05, 3.63) is 83.0 Å². The minimum Gasteiger partial charge on any atom is -0.348 e. The third-order valence-corrected chi connectivity index (χ3v) is 10.4. The quantitative estimate of drug-likeness (QED) is 0.306. The average molecular weight is 571 g/mol. The Balaban J connectivity index is 1.11. The van der Waals surface area contributed by atoms with Gasteiger partial charge >= 0.3 is 0 Å². The van der Waals surface area contributed by atoms with Crippen molar-refractivity contribution in [2.75, 3.05) is 6.54 Å².